The number of carbonyl (C=O) groups excluding carboxylic acids is 1. The maximum Gasteiger partial charge on any atom is 0.265 e. The molecule has 0 spiro atoms. The Morgan fingerprint density at radius 3 is 2.39 bits per heavy atom. The Morgan fingerprint density at radius 2 is 1.71 bits per heavy atom. The predicted octanol–water partition coefficient (Wildman–Crippen LogP) is 5.02. The first-order valence-corrected chi connectivity index (χ1v) is 14.6. The molecule has 0 saturated heterocycles. The first-order chi connectivity index (χ1) is 18.3. The van der Waals surface area contributed by atoms with Crippen LogP contribution in [0.2, 0.25) is 10.0 Å². The quantitative estimate of drug-likeness (QED) is 0.349. The Labute approximate surface area is 234 Å². The van der Waals surface area contributed by atoms with E-state index in [1.807, 2.05) is 18.2 Å². The Hall–Kier alpha value is -3.07. The summed E-state index contributed by atoms with van der Waals surface area (Å²) >= 11 is 12.3. The molecule has 1 aliphatic heterocycles. The zero-order valence-corrected chi connectivity index (χ0v) is 23.4. The zero-order valence-electron chi connectivity index (χ0n) is 21.1. The molecule has 0 saturated carbocycles. The lowest BCUT2D eigenvalue weighted by Gasteiger charge is -2.25. The van der Waals surface area contributed by atoms with Gasteiger partial charge in [0.1, 0.15) is 10.7 Å². The van der Waals surface area contributed by atoms with Gasteiger partial charge in [0.2, 0.25) is 5.91 Å². The van der Waals surface area contributed by atoms with Crippen LogP contribution in [0.25, 0.3) is 0 Å². The van der Waals surface area contributed by atoms with Crippen LogP contribution >= 0.6 is 23.2 Å². The number of likely N-dealkylation sites (N-methyl/N-ethyl adjacent to an activating group) is 1. The second kappa shape index (κ2) is 12.7. The van der Waals surface area contributed by atoms with E-state index in [4.69, 9.17) is 23.2 Å². The summed E-state index contributed by atoms with van der Waals surface area (Å²) in [4.78, 5) is 18.9. The number of hydrogen-bond donors (Lipinski definition) is 1. The number of amides is 1. The summed E-state index contributed by atoms with van der Waals surface area (Å²) < 4.78 is 28.4. The third-order valence-corrected chi connectivity index (χ3v) is 9.14. The van der Waals surface area contributed by atoms with E-state index in [2.05, 4.69) is 22.4 Å². The van der Waals surface area contributed by atoms with Crippen molar-refractivity contribution in [2.75, 3.05) is 37.5 Å². The average Bonchev–Trinajstić information content (AvgIpc) is 3.47. The summed E-state index contributed by atoms with van der Waals surface area (Å²) in [6.07, 6.45) is 1.28. The molecule has 0 aromatic heterocycles. The van der Waals surface area contributed by atoms with Gasteiger partial charge in [-0.3, -0.25) is 14.1 Å². The van der Waals surface area contributed by atoms with Crippen molar-refractivity contribution in [3.05, 3.63) is 94.0 Å². The summed E-state index contributed by atoms with van der Waals surface area (Å²) in [6, 6.07) is 21.5. The summed E-state index contributed by atoms with van der Waals surface area (Å²) in [5.41, 5.74) is 2.69. The number of halogens is 2. The molecule has 0 bridgehead atoms. The molecule has 38 heavy (non-hydrogen) atoms. The van der Waals surface area contributed by atoms with Crippen LogP contribution < -0.4 is 9.62 Å². The number of anilines is 1. The number of nitrogens with one attached hydrogen (secondary N) is 1. The maximum absolute atomic E-state index is 13.6. The van der Waals surface area contributed by atoms with Gasteiger partial charge in [0.25, 0.3) is 10.0 Å². The van der Waals surface area contributed by atoms with Crippen molar-refractivity contribution in [3.63, 3.8) is 0 Å². The molecule has 200 valence electrons. The Bertz CT molecular complexity index is 1400. The van der Waals surface area contributed by atoms with Crippen molar-refractivity contribution >= 4 is 50.7 Å². The molecule has 10 heteroatoms. The molecular formula is C28H30Cl2N4O3S. The van der Waals surface area contributed by atoms with Gasteiger partial charge in [-0.1, -0.05) is 71.7 Å². The lowest BCUT2D eigenvalue weighted by molar-refractivity contribution is -0.129. The molecular weight excluding hydrogens is 543 g/mol. The van der Waals surface area contributed by atoms with Gasteiger partial charge in [-0.2, -0.15) is 0 Å². The summed E-state index contributed by atoms with van der Waals surface area (Å²) in [5.74, 6) is 0.880. The van der Waals surface area contributed by atoms with E-state index in [9.17, 15) is 13.2 Å². The molecule has 0 radical (unpaired) electrons. The summed E-state index contributed by atoms with van der Waals surface area (Å²) in [5, 5.41) is 3.40. The molecule has 0 unspecified atom stereocenters. The van der Waals surface area contributed by atoms with Crippen LogP contribution in [0.4, 0.5) is 5.69 Å². The van der Waals surface area contributed by atoms with E-state index in [1.165, 1.54) is 10.4 Å². The molecule has 0 fully saturated rings. The minimum absolute atomic E-state index is 0.0218. The molecule has 4 rings (SSSR count). The van der Waals surface area contributed by atoms with Crippen LogP contribution in [0.1, 0.15) is 24.0 Å². The highest BCUT2D eigenvalue weighted by Crippen LogP contribution is 2.33. The molecule has 0 atom stereocenters. The number of rotatable bonds is 11. The predicted molar refractivity (Wildman–Crippen MR) is 154 cm³/mol. The normalized spacial score (nSPS) is 13.1. The van der Waals surface area contributed by atoms with Gasteiger partial charge >= 0.3 is 0 Å². The van der Waals surface area contributed by atoms with E-state index in [-0.39, 0.29) is 33.8 Å². The van der Waals surface area contributed by atoms with Crippen LogP contribution in [-0.4, -0.2) is 58.3 Å². The van der Waals surface area contributed by atoms with Crippen LogP contribution in [0, 0.1) is 0 Å². The lowest BCUT2D eigenvalue weighted by atomic mass is 10.1. The van der Waals surface area contributed by atoms with Gasteiger partial charge in [-0.25, -0.2) is 8.42 Å². The van der Waals surface area contributed by atoms with Gasteiger partial charge in [0.15, 0.2) is 0 Å². The first kappa shape index (κ1) is 28.0. The highest BCUT2D eigenvalue weighted by molar-refractivity contribution is 7.93. The second-order valence-electron chi connectivity index (χ2n) is 8.99. The fourth-order valence-electron chi connectivity index (χ4n) is 4.19. The molecule has 3 aromatic rings. The maximum atomic E-state index is 13.6. The van der Waals surface area contributed by atoms with Crippen LogP contribution in [0.5, 0.6) is 0 Å². The Balaban J connectivity index is 1.36. The van der Waals surface area contributed by atoms with E-state index >= 15 is 0 Å². The summed E-state index contributed by atoms with van der Waals surface area (Å²) in [6.45, 7) is 2.35. The third-order valence-electron chi connectivity index (χ3n) is 6.34. The minimum Gasteiger partial charge on any atom is -0.368 e. The number of carbonyl (C=O) groups is 1. The molecule has 1 aliphatic rings. The highest BCUT2D eigenvalue weighted by Gasteiger charge is 2.28. The van der Waals surface area contributed by atoms with Crippen LogP contribution in [0.15, 0.2) is 82.7 Å². The molecule has 0 aliphatic carbocycles. The number of hydrogen-bond acceptors (Lipinski definition) is 5. The fourth-order valence-corrected chi connectivity index (χ4v) is 6.43. The lowest BCUT2D eigenvalue weighted by Crippen LogP contribution is -2.34. The molecule has 3 aromatic carbocycles. The van der Waals surface area contributed by atoms with Crippen molar-refractivity contribution in [2.24, 2.45) is 4.99 Å². The van der Waals surface area contributed by atoms with Crippen molar-refractivity contribution in [2.45, 2.75) is 24.2 Å². The van der Waals surface area contributed by atoms with Gasteiger partial charge in [-0.05, 0) is 42.7 Å². The van der Waals surface area contributed by atoms with Crippen molar-refractivity contribution < 1.29 is 13.2 Å². The van der Waals surface area contributed by atoms with Crippen LogP contribution in [0.3, 0.4) is 0 Å². The average molecular weight is 574 g/mol. The highest BCUT2D eigenvalue weighted by atomic mass is 35.5. The zero-order chi connectivity index (χ0) is 27.1. The van der Waals surface area contributed by atoms with Crippen molar-refractivity contribution in [1.29, 1.82) is 0 Å². The van der Waals surface area contributed by atoms with E-state index in [1.54, 1.807) is 48.3 Å². The molecule has 1 amide bonds. The summed E-state index contributed by atoms with van der Waals surface area (Å²) in [7, 11) is -2.23. The largest absolute Gasteiger partial charge is 0.368 e. The van der Waals surface area contributed by atoms with Gasteiger partial charge in [0.05, 0.1) is 22.3 Å². The van der Waals surface area contributed by atoms with Crippen molar-refractivity contribution in [1.82, 2.24) is 10.2 Å². The molecule has 7 nitrogen and oxygen atoms in total. The number of amidine groups is 1. The smallest absolute Gasteiger partial charge is 0.265 e. The SMILES string of the molecule is CN(CCc1ccc(C2=NCCN2)cc1)C(=O)CCCN(c1ccccc1)S(=O)(=O)c1cccc(Cl)c1Cl. The monoisotopic (exact) mass is 572 g/mol. The minimum atomic E-state index is -4.00. The Kier molecular flexibility index (Phi) is 9.31. The van der Waals surface area contributed by atoms with Gasteiger partial charge in [0, 0.05) is 38.7 Å². The van der Waals surface area contributed by atoms with E-state index in [0.29, 0.717) is 18.7 Å². The molecule has 1 N–H and O–H groups in total. The fraction of sp³-hybridized carbons (Fsp3) is 0.286. The Morgan fingerprint density at radius 1 is 0.974 bits per heavy atom. The van der Waals surface area contributed by atoms with Crippen molar-refractivity contribution in [3.8, 4) is 0 Å². The standard InChI is InChI=1S/C28H30Cl2N4O3S/c1-33(20-16-21-12-14-22(15-13-21)28-31-17-18-32-28)26(35)11-6-19-34(23-7-3-2-4-8-23)38(36,37)25-10-5-9-24(29)27(25)30/h2-5,7-10,12-15H,6,11,16-20H2,1H3,(H,31,32). The number of benzene rings is 3. The number of aliphatic imine (C=N–C) groups is 1. The van der Waals surface area contributed by atoms with Gasteiger partial charge < -0.3 is 10.2 Å². The van der Waals surface area contributed by atoms with E-state index < -0.39 is 10.0 Å². The van der Waals surface area contributed by atoms with Crippen LogP contribution in [-0.2, 0) is 21.2 Å². The topological polar surface area (TPSA) is 82.1 Å². The second-order valence-corrected chi connectivity index (χ2v) is 11.6. The van der Waals surface area contributed by atoms with Gasteiger partial charge in [-0.15, -0.1) is 0 Å². The molecule has 1 heterocycles. The number of para-hydroxylation sites is 1. The third kappa shape index (κ3) is 6.67. The first-order valence-electron chi connectivity index (χ1n) is 12.4. The van der Waals surface area contributed by atoms with E-state index in [0.717, 1.165) is 36.5 Å². The number of nitrogens with zero attached hydrogens (tertiary/aromatic N) is 3. The number of sulfonamides is 1.